The van der Waals surface area contributed by atoms with E-state index in [1.807, 2.05) is 38.1 Å². The standard InChI is InChI=1S/C32H38F3N9O/c1-18(2)43-15-25(32(33,34)35)41-29(43)23-8-6-21(7-9-23)14-44(24-12-19(3)40-20(4)13-24)31-39-17-37-28(42-31)26-27(22-10-11-22)36-16-38-30(26)45-5/h6-9,15-20,22,24,40H,10-14H2,1-5H3. The lowest BCUT2D eigenvalue weighted by atomic mass is 9.93. The van der Waals surface area contributed by atoms with Crippen LogP contribution in [0.3, 0.4) is 0 Å². The first kappa shape index (κ1) is 30.9. The molecule has 45 heavy (non-hydrogen) atoms. The highest BCUT2D eigenvalue weighted by atomic mass is 19.4. The third-order valence-electron chi connectivity index (χ3n) is 8.44. The maximum atomic E-state index is 13.5. The van der Waals surface area contributed by atoms with Gasteiger partial charge in [0, 0.05) is 48.4 Å². The minimum Gasteiger partial charge on any atom is -0.480 e. The van der Waals surface area contributed by atoms with Crippen LogP contribution >= 0.6 is 0 Å². The topological polar surface area (TPSA) is 107 Å². The molecular weight excluding hydrogens is 583 g/mol. The van der Waals surface area contributed by atoms with Crippen LogP contribution in [0.5, 0.6) is 5.88 Å². The number of imidazole rings is 1. The fourth-order valence-electron chi connectivity index (χ4n) is 6.21. The average Bonchev–Trinajstić information content (AvgIpc) is 3.75. The van der Waals surface area contributed by atoms with Crippen LogP contribution in [0.25, 0.3) is 22.8 Å². The number of rotatable bonds is 9. The first-order chi connectivity index (χ1) is 21.5. The molecule has 2 aliphatic rings. The lowest BCUT2D eigenvalue weighted by molar-refractivity contribution is -0.140. The fourth-order valence-corrected chi connectivity index (χ4v) is 6.21. The zero-order chi connectivity index (χ0) is 31.9. The zero-order valence-electron chi connectivity index (χ0n) is 26.1. The summed E-state index contributed by atoms with van der Waals surface area (Å²) in [6, 6.07) is 8.07. The number of alkyl halides is 3. The van der Waals surface area contributed by atoms with Crippen LogP contribution in [-0.2, 0) is 12.7 Å². The third kappa shape index (κ3) is 6.63. The largest absolute Gasteiger partial charge is 0.480 e. The lowest BCUT2D eigenvalue weighted by Gasteiger charge is -2.40. The lowest BCUT2D eigenvalue weighted by Crippen LogP contribution is -2.51. The normalized spacial score (nSPS) is 20.4. The van der Waals surface area contributed by atoms with E-state index in [4.69, 9.17) is 9.72 Å². The van der Waals surface area contributed by atoms with E-state index in [0.717, 1.165) is 43.1 Å². The summed E-state index contributed by atoms with van der Waals surface area (Å²) in [5, 5.41) is 3.61. The SMILES string of the molecule is COc1ncnc(C2CC2)c1-c1ncnc(N(Cc2ccc(-c3nc(C(F)(F)F)cn3C(C)C)cc2)C2CC(C)NC(C)C2)n1. The molecule has 10 nitrogen and oxygen atoms in total. The van der Waals surface area contributed by atoms with Gasteiger partial charge in [-0.15, -0.1) is 0 Å². The van der Waals surface area contributed by atoms with Crippen LogP contribution in [0.2, 0.25) is 0 Å². The van der Waals surface area contributed by atoms with E-state index < -0.39 is 11.9 Å². The van der Waals surface area contributed by atoms with Gasteiger partial charge >= 0.3 is 6.18 Å². The highest BCUT2D eigenvalue weighted by Crippen LogP contribution is 2.45. The molecule has 4 aromatic rings. The molecule has 6 rings (SSSR count). The molecule has 0 amide bonds. The average molecular weight is 622 g/mol. The van der Waals surface area contributed by atoms with Gasteiger partial charge < -0.3 is 19.5 Å². The minimum atomic E-state index is -4.52. The highest BCUT2D eigenvalue weighted by molar-refractivity contribution is 5.66. The molecule has 13 heteroatoms. The number of aromatic nitrogens is 7. The highest BCUT2D eigenvalue weighted by Gasteiger charge is 2.36. The minimum absolute atomic E-state index is 0.136. The number of nitrogens with zero attached hydrogens (tertiary/aromatic N) is 8. The maximum absolute atomic E-state index is 13.5. The molecule has 2 fully saturated rings. The smallest absolute Gasteiger partial charge is 0.434 e. The van der Waals surface area contributed by atoms with Gasteiger partial charge in [-0.2, -0.15) is 18.2 Å². The summed E-state index contributed by atoms with van der Waals surface area (Å²) in [6.07, 6.45) is 3.48. The monoisotopic (exact) mass is 621 g/mol. The second-order valence-electron chi connectivity index (χ2n) is 12.4. The Hall–Kier alpha value is -4.13. The third-order valence-corrected chi connectivity index (χ3v) is 8.44. The van der Waals surface area contributed by atoms with Gasteiger partial charge in [-0.3, -0.25) is 0 Å². The first-order valence-corrected chi connectivity index (χ1v) is 15.4. The Kier molecular flexibility index (Phi) is 8.47. The molecule has 1 aliphatic heterocycles. The van der Waals surface area contributed by atoms with Gasteiger partial charge in [-0.05, 0) is 58.9 Å². The molecule has 238 valence electrons. The van der Waals surface area contributed by atoms with E-state index >= 15 is 0 Å². The summed E-state index contributed by atoms with van der Waals surface area (Å²) < 4.78 is 47.6. The van der Waals surface area contributed by atoms with Gasteiger partial charge in [0.1, 0.15) is 24.0 Å². The molecule has 1 saturated heterocycles. The number of ether oxygens (including phenoxy) is 1. The van der Waals surface area contributed by atoms with Crippen molar-refractivity contribution in [3.63, 3.8) is 0 Å². The molecule has 3 aromatic heterocycles. The maximum Gasteiger partial charge on any atom is 0.434 e. The summed E-state index contributed by atoms with van der Waals surface area (Å²) in [7, 11) is 1.58. The van der Waals surface area contributed by atoms with Crippen LogP contribution in [0, 0.1) is 0 Å². The Balaban J connectivity index is 1.35. The summed E-state index contributed by atoms with van der Waals surface area (Å²) >= 11 is 0. The Morgan fingerprint density at radius 2 is 1.67 bits per heavy atom. The number of hydrogen-bond donors (Lipinski definition) is 1. The van der Waals surface area contributed by atoms with E-state index in [9.17, 15) is 13.2 Å². The molecule has 0 bridgehead atoms. The van der Waals surface area contributed by atoms with Crippen molar-refractivity contribution in [3.05, 3.63) is 60.1 Å². The van der Waals surface area contributed by atoms with E-state index in [-0.39, 0.29) is 17.9 Å². The molecule has 1 saturated carbocycles. The van der Waals surface area contributed by atoms with Gasteiger partial charge in [-0.1, -0.05) is 24.3 Å². The number of halogens is 3. The fraction of sp³-hybridized carbons (Fsp3) is 0.500. The predicted molar refractivity (Wildman–Crippen MR) is 164 cm³/mol. The number of hydrogen-bond acceptors (Lipinski definition) is 9. The molecule has 1 aromatic carbocycles. The quantitative estimate of drug-likeness (QED) is 0.233. The van der Waals surface area contributed by atoms with Crippen molar-refractivity contribution in [1.82, 2.24) is 39.8 Å². The van der Waals surface area contributed by atoms with Gasteiger partial charge in [0.05, 0.1) is 12.8 Å². The molecule has 1 N–H and O–H groups in total. The summed E-state index contributed by atoms with van der Waals surface area (Å²) in [4.78, 5) is 29.2. The van der Waals surface area contributed by atoms with Crippen molar-refractivity contribution in [3.8, 4) is 28.7 Å². The van der Waals surface area contributed by atoms with E-state index in [1.54, 1.807) is 11.7 Å². The Morgan fingerprint density at radius 1 is 0.978 bits per heavy atom. The molecule has 1 aliphatic carbocycles. The van der Waals surface area contributed by atoms with Crippen LogP contribution < -0.4 is 15.0 Å². The molecule has 0 radical (unpaired) electrons. The second-order valence-corrected chi connectivity index (χ2v) is 12.4. The number of nitrogens with one attached hydrogen (secondary N) is 1. The zero-order valence-corrected chi connectivity index (χ0v) is 26.1. The van der Waals surface area contributed by atoms with Crippen molar-refractivity contribution in [1.29, 1.82) is 0 Å². The molecule has 0 spiro atoms. The first-order valence-electron chi connectivity index (χ1n) is 15.4. The number of anilines is 1. The Morgan fingerprint density at radius 3 is 2.29 bits per heavy atom. The van der Waals surface area contributed by atoms with Crippen LogP contribution in [0.15, 0.2) is 43.1 Å². The van der Waals surface area contributed by atoms with Gasteiger partial charge in [0.25, 0.3) is 0 Å². The molecule has 4 heterocycles. The molecule has 2 atom stereocenters. The summed E-state index contributed by atoms with van der Waals surface area (Å²) in [5.74, 6) is 2.05. The van der Waals surface area contributed by atoms with E-state index in [1.165, 1.54) is 12.7 Å². The van der Waals surface area contributed by atoms with Gasteiger partial charge in [-0.25, -0.2) is 24.9 Å². The van der Waals surface area contributed by atoms with Crippen molar-refractivity contribution < 1.29 is 17.9 Å². The molecular formula is C32H38F3N9O. The summed E-state index contributed by atoms with van der Waals surface area (Å²) in [5.41, 5.74) is 2.27. The number of piperidine rings is 1. The van der Waals surface area contributed by atoms with Crippen molar-refractivity contribution >= 4 is 5.95 Å². The Bertz CT molecular complexity index is 1630. The Labute approximate surface area is 260 Å². The van der Waals surface area contributed by atoms with Crippen molar-refractivity contribution in [2.75, 3.05) is 12.0 Å². The summed E-state index contributed by atoms with van der Waals surface area (Å²) in [6.45, 7) is 8.53. The van der Waals surface area contributed by atoms with Crippen molar-refractivity contribution in [2.24, 2.45) is 0 Å². The van der Waals surface area contributed by atoms with Crippen LogP contribution in [0.1, 0.15) is 82.3 Å². The number of methoxy groups -OCH3 is 1. The van der Waals surface area contributed by atoms with Crippen molar-refractivity contribution in [2.45, 2.75) is 96.2 Å². The van der Waals surface area contributed by atoms with Crippen LogP contribution in [-0.4, -0.2) is 59.7 Å². The van der Waals surface area contributed by atoms with E-state index in [0.29, 0.717) is 53.3 Å². The van der Waals surface area contributed by atoms with Crippen LogP contribution in [0.4, 0.5) is 19.1 Å². The van der Waals surface area contributed by atoms with E-state index in [2.05, 4.69) is 49.0 Å². The number of benzene rings is 1. The second kappa shape index (κ2) is 12.3. The van der Waals surface area contributed by atoms with Gasteiger partial charge in [0.2, 0.25) is 11.8 Å². The molecule has 2 unspecified atom stereocenters. The predicted octanol–water partition coefficient (Wildman–Crippen LogP) is 6.21. The van der Waals surface area contributed by atoms with Gasteiger partial charge in [0.15, 0.2) is 11.5 Å².